The predicted octanol–water partition coefficient (Wildman–Crippen LogP) is 2.64. The van der Waals surface area contributed by atoms with Crippen LogP contribution in [0.15, 0.2) is 42.5 Å². The summed E-state index contributed by atoms with van der Waals surface area (Å²) in [6.45, 7) is 1.33. The molecule has 1 aliphatic heterocycles. The number of alkyl halides is 1. The highest BCUT2D eigenvalue weighted by atomic mass is 79.9. The molecule has 0 atom stereocenters. The lowest BCUT2D eigenvalue weighted by Crippen LogP contribution is -2.49. The van der Waals surface area contributed by atoms with Gasteiger partial charge in [-0.1, -0.05) is 34.1 Å². The van der Waals surface area contributed by atoms with Crippen LogP contribution in [0.4, 0.5) is 22.7 Å². The fourth-order valence-electron chi connectivity index (χ4n) is 4.06. The third-order valence-corrected chi connectivity index (χ3v) is 6.68. The zero-order valence-electron chi connectivity index (χ0n) is 20.0. The number of amides is 1. The molecule has 1 amide bonds. The molecule has 3 rings (SSSR count). The van der Waals surface area contributed by atoms with Crippen molar-refractivity contribution in [3.63, 3.8) is 0 Å². The number of anilines is 2. The number of hydrogen-bond acceptors (Lipinski definition) is 10. The SMILES string of the molecule is CS(=O)(=O)OCCN(CCBr)c1c(C(=O)N2CCN(c3ccccc3)CC2)cc([N+](=O)[O-])cc1[N+](=O)[O-]. The lowest BCUT2D eigenvalue weighted by molar-refractivity contribution is -0.393. The van der Waals surface area contributed by atoms with E-state index in [4.69, 9.17) is 4.18 Å². The Morgan fingerprint density at radius 1 is 1.05 bits per heavy atom. The molecule has 1 heterocycles. The van der Waals surface area contributed by atoms with Crippen molar-refractivity contribution >= 4 is 54.7 Å². The normalized spacial score (nSPS) is 13.9. The molecule has 0 bridgehead atoms. The van der Waals surface area contributed by atoms with Crippen LogP contribution >= 0.6 is 15.9 Å². The zero-order chi connectivity index (χ0) is 27.2. The molecular weight excluding hydrogens is 574 g/mol. The summed E-state index contributed by atoms with van der Waals surface area (Å²) in [4.78, 5) is 40.6. The first-order valence-electron chi connectivity index (χ1n) is 11.2. The van der Waals surface area contributed by atoms with E-state index in [2.05, 4.69) is 20.8 Å². The van der Waals surface area contributed by atoms with Gasteiger partial charge in [-0.05, 0) is 12.1 Å². The highest BCUT2D eigenvalue weighted by molar-refractivity contribution is 9.09. The minimum absolute atomic E-state index is 0.112. The van der Waals surface area contributed by atoms with Gasteiger partial charge < -0.3 is 14.7 Å². The van der Waals surface area contributed by atoms with E-state index in [-0.39, 0.29) is 30.9 Å². The van der Waals surface area contributed by atoms with Gasteiger partial charge in [0.25, 0.3) is 27.4 Å². The minimum Gasteiger partial charge on any atom is -0.368 e. The number of hydrogen-bond donors (Lipinski definition) is 0. The molecule has 0 radical (unpaired) electrons. The van der Waals surface area contributed by atoms with Gasteiger partial charge in [0.2, 0.25) is 0 Å². The average Bonchev–Trinajstić information content (AvgIpc) is 2.87. The molecule has 0 saturated carbocycles. The number of para-hydroxylation sites is 1. The quantitative estimate of drug-likeness (QED) is 0.163. The summed E-state index contributed by atoms with van der Waals surface area (Å²) < 4.78 is 27.6. The Bertz CT molecular complexity index is 1250. The van der Waals surface area contributed by atoms with Crippen LogP contribution in [0.25, 0.3) is 0 Å². The summed E-state index contributed by atoms with van der Waals surface area (Å²) >= 11 is 3.27. The predicted molar refractivity (Wildman–Crippen MR) is 141 cm³/mol. The van der Waals surface area contributed by atoms with Crippen LogP contribution in [0, 0.1) is 20.2 Å². The molecule has 0 N–H and O–H groups in total. The number of piperazine rings is 1. The van der Waals surface area contributed by atoms with Crippen molar-refractivity contribution in [1.29, 1.82) is 0 Å². The number of non-ortho nitro benzene ring substituents is 1. The number of rotatable bonds is 11. The van der Waals surface area contributed by atoms with Gasteiger partial charge in [0.05, 0.1) is 34.3 Å². The van der Waals surface area contributed by atoms with E-state index < -0.39 is 37.2 Å². The van der Waals surface area contributed by atoms with Crippen molar-refractivity contribution in [1.82, 2.24) is 4.90 Å². The maximum Gasteiger partial charge on any atom is 0.300 e. The molecule has 0 aromatic heterocycles. The third-order valence-electron chi connectivity index (χ3n) is 5.73. The van der Waals surface area contributed by atoms with Gasteiger partial charge in [-0.3, -0.25) is 29.2 Å². The molecule has 0 unspecified atom stereocenters. The summed E-state index contributed by atoms with van der Waals surface area (Å²) in [5.74, 6) is -0.585. The molecule has 2 aromatic rings. The van der Waals surface area contributed by atoms with Crippen LogP contribution in [0.5, 0.6) is 0 Å². The number of nitro groups is 2. The van der Waals surface area contributed by atoms with Crippen LogP contribution in [0.2, 0.25) is 0 Å². The molecule has 37 heavy (non-hydrogen) atoms. The second-order valence-electron chi connectivity index (χ2n) is 8.19. The molecule has 0 spiro atoms. The van der Waals surface area contributed by atoms with Crippen LogP contribution in [0.3, 0.4) is 0 Å². The molecule has 15 heteroatoms. The van der Waals surface area contributed by atoms with Gasteiger partial charge in [0, 0.05) is 56.4 Å². The first-order chi connectivity index (χ1) is 17.5. The fraction of sp³-hybridized carbons (Fsp3) is 0.409. The van der Waals surface area contributed by atoms with Crippen LogP contribution in [0.1, 0.15) is 10.4 Å². The Morgan fingerprint density at radius 3 is 2.24 bits per heavy atom. The first-order valence-corrected chi connectivity index (χ1v) is 14.2. The maximum atomic E-state index is 13.7. The van der Waals surface area contributed by atoms with E-state index in [9.17, 15) is 33.4 Å². The molecule has 1 aliphatic rings. The molecular formula is C22H26BrN5O8S. The van der Waals surface area contributed by atoms with Gasteiger partial charge in [-0.15, -0.1) is 0 Å². The van der Waals surface area contributed by atoms with Crippen LogP contribution in [-0.2, 0) is 14.3 Å². The standard InChI is InChI=1S/C22H26BrN5O8S/c1-37(34,35)36-14-13-25(8-7-23)21-19(15-18(27(30)31)16-20(21)28(32)33)22(29)26-11-9-24(10-12-26)17-5-3-2-4-6-17/h2-6,15-16H,7-14H2,1H3. The van der Waals surface area contributed by atoms with Crippen LogP contribution in [-0.4, -0.2) is 86.5 Å². The molecule has 200 valence electrons. The number of carbonyl (C=O) groups excluding carboxylic acids is 1. The second kappa shape index (κ2) is 12.3. The summed E-state index contributed by atoms with van der Waals surface area (Å²) in [5.41, 5.74) is -0.540. The van der Waals surface area contributed by atoms with Crippen molar-refractivity contribution in [2.75, 3.05) is 67.3 Å². The summed E-state index contributed by atoms with van der Waals surface area (Å²) in [6.07, 6.45) is 0.875. The summed E-state index contributed by atoms with van der Waals surface area (Å²) in [5, 5.41) is 23.9. The molecule has 13 nitrogen and oxygen atoms in total. The van der Waals surface area contributed by atoms with Crippen molar-refractivity contribution < 1.29 is 27.2 Å². The number of benzene rings is 2. The lowest BCUT2D eigenvalue weighted by atomic mass is 10.1. The molecule has 0 aliphatic carbocycles. The number of halogens is 1. The molecule has 1 saturated heterocycles. The largest absolute Gasteiger partial charge is 0.368 e. The van der Waals surface area contributed by atoms with E-state index in [1.165, 1.54) is 9.80 Å². The third kappa shape index (κ3) is 7.36. The number of nitrogens with zero attached hydrogens (tertiary/aromatic N) is 5. The fourth-order valence-corrected chi connectivity index (χ4v) is 4.86. The Kier molecular flexibility index (Phi) is 9.39. The number of nitro benzene ring substituents is 2. The Hall–Kier alpha value is -3.30. The van der Waals surface area contributed by atoms with E-state index in [0.717, 1.165) is 24.1 Å². The van der Waals surface area contributed by atoms with Crippen molar-refractivity contribution in [3.8, 4) is 0 Å². The van der Waals surface area contributed by atoms with E-state index in [1.807, 2.05) is 30.3 Å². The van der Waals surface area contributed by atoms with E-state index in [0.29, 0.717) is 31.5 Å². The van der Waals surface area contributed by atoms with Crippen molar-refractivity contribution in [3.05, 3.63) is 68.3 Å². The van der Waals surface area contributed by atoms with E-state index in [1.54, 1.807) is 0 Å². The Morgan fingerprint density at radius 2 is 1.70 bits per heavy atom. The Balaban J connectivity index is 1.98. The smallest absolute Gasteiger partial charge is 0.300 e. The van der Waals surface area contributed by atoms with E-state index >= 15 is 0 Å². The monoisotopic (exact) mass is 599 g/mol. The first kappa shape index (κ1) is 28.3. The summed E-state index contributed by atoms with van der Waals surface area (Å²) in [7, 11) is -3.77. The zero-order valence-corrected chi connectivity index (χ0v) is 22.4. The molecule has 2 aromatic carbocycles. The topological polar surface area (TPSA) is 156 Å². The van der Waals surface area contributed by atoms with Crippen molar-refractivity contribution in [2.45, 2.75) is 0 Å². The van der Waals surface area contributed by atoms with Gasteiger partial charge >= 0.3 is 0 Å². The second-order valence-corrected chi connectivity index (χ2v) is 10.6. The lowest BCUT2D eigenvalue weighted by Gasteiger charge is -2.36. The number of carbonyl (C=O) groups is 1. The van der Waals surface area contributed by atoms with Gasteiger partial charge in [-0.2, -0.15) is 8.42 Å². The van der Waals surface area contributed by atoms with Gasteiger partial charge in [0.15, 0.2) is 0 Å². The minimum atomic E-state index is -3.77. The van der Waals surface area contributed by atoms with Crippen molar-refractivity contribution in [2.24, 2.45) is 0 Å². The molecule has 1 fully saturated rings. The van der Waals surface area contributed by atoms with Gasteiger partial charge in [-0.25, -0.2) is 0 Å². The Labute approximate surface area is 222 Å². The maximum absolute atomic E-state index is 13.7. The van der Waals surface area contributed by atoms with Gasteiger partial charge in [0.1, 0.15) is 5.69 Å². The highest BCUT2D eigenvalue weighted by Crippen LogP contribution is 2.37. The summed E-state index contributed by atoms with van der Waals surface area (Å²) in [6, 6.07) is 11.5. The highest BCUT2D eigenvalue weighted by Gasteiger charge is 2.33. The average molecular weight is 600 g/mol. The van der Waals surface area contributed by atoms with Crippen LogP contribution < -0.4 is 9.80 Å².